The molecule has 0 bridgehead atoms. The van der Waals surface area contributed by atoms with Gasteiger partial charge in [0.25, 0.3) is 0 Å². The predicted molar refractivity (Wildman–Crippen MR) is 58.5 cm³/mol. The second-order valence-electron chi connectivity index (χ2n) is 4.86. The molecule has 0 unspecified atom stereocenters. The van der Waals surface area contributed by atoms with E-state index in [0.29, 0.717) is 5.78 Å². The summed E-state index contributed by atoms with van der Waals surface area (Å²) in [5, 5.41) is 0. The highest BCUT2D eigenvalue weighted by Gasteiger charge is 2.32. The number of piperazine rings is 1. The molecule has 3 aliphatic rings. The van der Waals surface area contributed by atoms with Gasteiger partial charge in [-0.15, -0.1) is 0 Å². The molecule has 3 nitrogen and oxygen atoms in total. The summed E-state index contributed by atoms with van der Waals surface area (Å²) in [6.07, 6.45) is 6.37. The van der Waals surface area contributed by atoms with E-state index in [0.717, 1.165) is 32.0 Å². The van der Waals surface area contributed by atoms with Gasteiger partial charge in [0.15, 0.2) is 5.78 Å². The fraction of sp³-hybridized carbons (Fsp3) is 0.750. The fourth-order valence-corrected chi connectivity index (χ4v) is 2.64. The van der Waals surface area contributed by atoms with Crippen LogP contribution in [0.5, 0.6) is 0 Å². The average molecular weight is 206 g/mol. The van der Waals surface area contributed by atoms with Crippen LogP contribution in [0.1, 0.15) is 25.7 Å². The normalized spacial score (nSPS) is 28.4. The molecule has 0 N–H and O–H groups in total. The summed E-state index contributed by atoms with van der Waals surface area (Å²) < 4.78 is 0. The molecule has 0 radical (unpaired) electrons. The lowest BCUT2D eigenvalue weighted by molar-refractivity contribution is -0.114. The standard InChI is InChI=1S/C12H18N2O/c15-12-4-3-11(9-12)14-7-5-13(6-8-14)10-1-2-10/h9-10H,1-8H2. The van der Waals surface area contributed by atoms with Crippen molar-refractivity contribution in [2.45, 2.75) is 31.7 Å². The van der Waals surface area contributed by atoms with Gasteiger partial charge in [-0.25, -0.2) is 0 Å². The number of hydrogen-bond donors (Lipinski definition) is 0. The molecule has 0 aromatic carbocycles. The SMILES string of the molecule is O=C1C=C(N2CCN(C3CC3)CC2)CC1. The van der Waals surface area contributed by atoms with Crippen molar-refractivity contribution >= 4 is 5.78 Å². The highest BCUT2D eigenvalue weighted by atomic mass is 16.1. The molecule has 0 spiro atoms. The summed E-state index contributed by atoms with van der Waals surface area (Å²) in [6.45, 7) is 4.62. The summed E-state index contributed by atoms with van der Waals surface area (Å²) in [5.74, 6) is 0.314. The Morgan fingerprint density at radius 2 is 1.80 bits per heavy atom. The topological polar surface area (TPSA) is 23.6 Å². The molecule has 82 valence electrons. The third-order valence-corrected chi connectivity index (χ3v) is 3.74. The van der Waals surface area contributed by atoms with Crippen LogP contribution in [0.25, 0.3) is 0 Å². The molecule has 0 aromatic rings. The largest absolute Gasteiger partial charge is 0.372 e. The van der Waals surface area contributed by atoms with E-state index in [9.17, 15) is 4.79 Å². The maximum Gasteiger partial charge on any atom is 0.157 e. The van der Waals surface area contributed by atoms with Crippen molar-refractivity contribution < 1.29 is 4.79 Å². The monoisotopic (exact) mass is 206 g/mol. The van der Waals surface area contributed by atoms with Crippen LogP contribution in [0.2, 0.25) is 0 Å². The fourth-order valence-electron chi connectivity index (χ4n) is 2.64. The molecule has 15 heavy (non-hydrogen) atoms. The third kappa shape index (κ3) is 1.93. The van der Waals surface area contributed by atoms with E-state index in [-0.39, 0.29) is 0 Å². The van der Waals surface area contributed by atoms with Crippen LogP contribution in [0, 0.1) is 0 Å². The van der Waals surface area contributed by atoms with Crippen molar-refractivity contribution in [1.29, 1.82) is 0 Å². The summed E-state index contributed by atoms with van der Waals surface area (Å²) in [4.78, 5) is 16.2. The van der Waals surface area contributed by atoms with E-state index in [1.807, 2.05) is 6.08 Å². The second kappa shape index (κ2) is 3.63. The summed E-state index contributed by atoms with van der Waals surface area (Å²) in [5.41, 5.74) is 1.29. The van der Waals surface area contributed by atoms with Gasteiger partial charge in [-0.1, -0.05) is 0 Å². The van der Waals surface area contributed by atoms with Crippen LogP contribution in [0.4, 0.5) is 0 Å². The van der Waals surface area contributed by atoms with E-state index in [2.05, 4.69) is 9.80 Å². The Bertz CT molecular complexity index is 299. The minimum atomic E-state index is 0.314. The van der Waals surface area contributed by atoms with Crippen LogP contribution < -0.4 is 0 Å². The van der Waals surface area contributed by atoms with Gasteiger partial charge in [0.1, 0.15) is 0 Å². The molecule has 0 aromatic heterocycles. The van der Waals surface area contributed by atoms with Crippen molar-refractivity contribution in [1.82, 2.24) is 9.80 Å². The first-order valence-corrected chi connectivity index (χ1v) is 6.05. The van der Waals surface area contributed by atoms with E-state index >= 15 is 0 Å². The molecule has 1 saturated heterocycles. The maximum absolute atomic E-state index is 11.2. The second-order valence-corrected chi connectivity index (χ2v) is 4.86. The maximum atomic E-state index is 11.2. The molecule has 0 atom stereocenters. The number of allylic oxidation sites excluding steroid dienone is 2. The molecule has 1 heterocycles. The lowest BCUT2D eigenvalue weighted by Gasteiger charge is -2.36. The van der Waals surface area contributed by atoms with Crippen molar-refractivity contribution in [3.8, 4) is 0 Å². The first-order valence-electron chi connectivity index (χ1n) is 6.05. The molecular weight excluding hydrogens is 188 g/mol. The average Bonchev–Trinajstić information content (AvgIpc) is 3.02. The van der Waals surface area contributed by atoms with Crippen molar-refractivity contribution in [2.75, 3.05) is 26.2 Å². The van der Waals surface area contributed by atoms with E-state index in [4.69, 9.17) is 0 Å². The van der Waals surface area contributed by atoms with Crippen LogP contribution in [0.15, 0.2) is 11.8 Å². The van der Waals surface area contributed by atoms with Crippen LogP contribution in [-0.4, -0.2) is 47.8 Å². The van der Waals surface area contributed by atoms with Crippen molar-refractivity contribution in [3.63, 3.8) is 0 Å². The van der Waals surface area contributed by atoms with Gasteiger partial charge in [0.2, 0.25) is 0 Å². The number of rotatable bonds is 2. The number of nitrogens with zero attached hydrogens (tertiary/aromatic N) is 2. The highest BCUT2D eigenvalue weighted by molar-refractivity contribution is 5.92. The van der Waals surface area contributed by atoms with Gasteiger partial charge >= 0.3 is 0 Å². The molecule has 3 heteroatoms. The predicted octanol–water partition coefficient (Wildman–Crippen LogP) is 1.01. The molecular formula is C12H18N2O. The van der Waals surface area contributed by atoms with Gasteiger partial charge < -0.3 is 4.90 Å². The minimum absolute atomic E-state index is 0.314. The Balaban J connectivity index is 1.57. The summed E-state index contributed by atoms with van der Waals surface area (Å²) in [6, 6.07) is 0.895. The quantitative estimate of drug-likeness (QED) is 0.674. The van der Waals surface area contributed by atoms with Crippen LogP contribution >= 0.6 is 0 Å². The lowest BCUT2D eigenvalue weighted by Crippen LogP contribution is -2.46. The molecule has 1 saturated carbocycles. The zero-order chi connectivity index (χ0) is 10.3. The van der Waals surface area contributed by atoms with Crippen LogP contribution in [-0.2, 0) is 4.79 Å². The Morgan fingerprint density at radius 1 is 1.07 bits per heavy atom. The van der Waals surface area contributed by atoms with Gasteiger partial charge in [-0.2, -0.15) is 0 Å². The van der Waals surface area contributed by atoms with Gasteiger partial charge in [0, 0.05) is 50.4 Å². The number of carbonyl (C=O) groups excluding carboxylic acids is 1. The molecule has 3 rings (SSSR count). The molecule has 2 aliphatic carbocycles. The first-order chi connectivity index (χ1) is 7.33. The lowest BCUT2D eigenvalue weighted by atomic mass is 10.2. The Labute approximate surface area is 90.7 Å². The van der Waals surface area contributed by atoms with E-state index in [1.165, 1.54) is 31.6 Å². The molecule has 2 fully saturated rings. The minimum Gasteiger partial charge on any atom is -0.372 e. The smallest absolute Gasteiger partial charge is 0.157 e. The zero-order valence-corrected chi connectivity index (χ0v) is 9.11. The number of hydrogen-bond acceptors (Lipinski definition) is 3. The Kier molecular flexibility index (Phi) is 2.28. The Morgan fingerprint density at radius 3 is 2.33 bits per heavy atom. The molecule has 0 amide bonds. The number of ketones is 1. The highest BCUT2D eigenvalue weighted by Crippen LogP contribution is 2.29. The first kappa shape index (κ1) is 9.40. The summed E-state index contributed by atoms with van der Waals surface area (Å²) >= 11 is 0. The van der Waals surface area contributed by atoms with E-state index < -0.39 is 0 Å². The number of carbonyl (C=O) groups is 1. The summed E-state index contributed by atoms with van der Waals surface area (Å²) in [7, 11) is 0. The third-order valence-electron chi connectivity index (χ3n) is 3.74. The van der Waals surface area contributed by atoms with Crippen molar-refractivity contribution in [3.05, 3.63) is 11.8 Å². The van der Waals surface area contributed by atoms with Gasteiger partial charge in [-0.05, 0) is 19.3 Å². The van der Waals surface area contributed by atoms with E-state index in [1.54, 1.807) is 0 Å². The zero-order valence-electron chi connectivity index (χ0n) is 9.11. The van der Waals surface area contributed by atoms with Crippen LogP contribution in [0.3, 0.4) is 0 Å². The van der Waals surface area contributed by atoms with Crippen molar-refractivity contribution in [2.24, 2.45) is 0 Å². The van der Waals surface area contributed by atoms with Gasteiger partial charge in [0.05, 0.1) is 0 Å². The van der Waals surface area contributed by atoms with Gasteiger partial charge in [-0.3, -0.25) is 9.69 Å². The molecule has 1 aliphatic heterocycles. The Hall–Kier alpha value is -0.830.